The zero-order valence-electron chi connectivity index (χ0n) is 16.1. The normalized spacial score (nSPS) is 10.5. The molecule has 0 fully saturated rings. The van der Waals surface area contributed by atoms with Gasteiger partial charge in [0.25, 0.3) is 0 Å². The van der Waals surface area contributed by atoms with Crippen LogP contribution in [0.25, 0.3) is 0 Å². The number of hydrogen-bond donors (Lipinski definition) is 0. The third-order valence-corrected chi connectivity index (χ3v) is 5.17. The number of nitrogens with zero attached hydrogens (tertiary/aromatic N) is 2. The third kappa shape index (κ3) is 4.64. The second-order valence-electron chi connectivity index (χ2n) is 6.37. The predicted octanol–water partition coefficient (Wildman–Crippen LogP) is 5.17. The van der Waals surface area contributed by atoms with Gasteiger partial charge in [0, 0.05) is 17.9 Å². The number of rotatable bonds is 7. The summed E-state index contributed by atoms with van der Waals surface area (Å²) in [7, 11) is 0. The first-order valence-electron chi connectivity index (χ1n) is 9.05. The van der Waals surface area contributed by atoms with Crippen molar-refractivity contribution < 1.29 is 14.3 Å². The van der Waals surface area contributed by atoms with E-state index in [0.717, 1.165) is 17.8 Å². The fourth-order valence-electron chi connectivity index (χ4n) is 2.72. The van der Waals surface area contributed by atoms with Gasteiger partial charge in [-0.2, -0.15) is 0 Å². The van der Waals surface area contributed by atoms with Gasteiger partial charge in [0.05, 0.1) is 11.4 Å². The van der Waals surface area contributed by atoms with Gasteiger partial charge in [0.2, 0.25) is 5.91 Å². The van der Waals surface area contributed by atoms with Crippen LogP contribution in [-0.4, -0.2) is 16.7 Å². The molecule has 144 valence electrons. The Bertz CT molecular complexity index is 962. The van der Waals surface area contributed by atoms with Crippen molar-refractivity contribution in [2.24, 2.45) is 0 Å². The summed E-state index contributed by atoms with van der Waals surface area (Å²) in [5.41, 5.74) is 3.41. The first kappa shape index (κ1) is 19.8. The molecule has 2 aromatic carbocycles. The van der Waals surface area contributed by atoms with Crippen molar-refractivity contribution in [2.75, 3.05) is 4.90 Å². The Balaban J connectivity index is 1.71. The number of Topliss-reactive ketones (excluding diaryl/α,β-unsaturated/α-hetero) is 1. The number of benzene rings is 2. The molecule has 0 saturated carbocycles. The summed E-state index contributed by atoms with van der Waals surface area (Å²) in [5, 5.41) is 2.50. The molecular weight excluding hydrogens is 372 g/mol. The molecule has 0 unspecified atom stereocenters. The van der Waals surface area contributed by atoms with Crippen molar-refractivity contribution in [1.82, 2.24) is 4.98 Å². The molecule has 0 aliphatic heterocycles. The Morgan fingerprint density at radius 2 is 1.71 bits per heavy atom. The summed E-state index contributed by atoms with van der Waals surface area (Å²) in [4.78, 5) is 29.7. The monoisotopic (exact) mass is 394 g/mol. The number of anilines is 2. The van der Waals surface area contributed by atoms with Crippen molar-refractivity contribution in [3.8, 4) is 5.75 Å². The van der Waals surface area contributed by atoms with E-state index in [0.29, 0.717) is 16.4 Å². The Morgan fingerprint density at radius 3 is 2.29 bits per heavy atom. The number of thiazole rings is 1. The molecule has 0 aliphatic carbocycles. The summed E-state index contributed by atoms with van der Waals surface area (Å²) in [5.74, 6) is 0.594. The van der Waals surface area contributed by atoms with Crippen LogP contribution < -0.4 is 9.64 Å². The van der Waals surface area contributed by atoms with E-state index in [9.17, 15) is 9.59 Å². The van der Waals surface area contributed by atoms with Crippen LogP contribution in [-0.2, 0) is 17.8 Å². The number of carbonyl (C=O) groups excluding carboxylic acids is 2. The Labute approximate surface area is 168 Å². The lowest BCUT2D eigenvalue weighted by molar-refractivity contribution is -0.115. The molecule has 1 heterocycles. The van der Waals surface area contributed by atoms with Crippen LogP contribution in [0.2, 0.25) is 0 Å². The average molecular weight is 394 g/mol. The Hall–Kier alpha value is -2.99. The lowest BCUT2D eigenvalue weighted by atomic mass is 10.1. The summed E-state index contributed by atoms with van der Waals surface area (Å²) in [6, 6.07) is 14.9. The number of aryl methyl sites for hydroxylation is 1. The van der Waals surface area contributed by atoms with Crippen LogP contribution in [0.5, 0.6) is 5.75 Å². The van der Waals surface area contributed by atoms with Crippen LogP contribution in [0.15, 0.2) is 53.9 Å². The molecule has 0 saturated heterocycles. The lowest BCUT2D eigenvalue weighted by Gasteiger charge is -2.18. The molecular formula is C22H22N2O3S. The molecule has 1 amide bonds. The first-order chi connectivity index (χ1) is 13.5. The van der Waals surface area contributed by atoms with E-state index in [-0.39, 0.29) is 18.3 Å². The van der Waals surface area contributed by atoms with Gasteiger partial charge >= 0.3 is 0 Å². The van der Waals surface area contributed by atoms with Gasteiger partial charge in [-0.3, -0.25) is 14.5 Å². The van der Waals surface area contributed by atoms with Crippen LogP contribution in [0, 0.1) is 0 Å². The largest absolute Gasteiger partial charge is 0.487 e. The maximum Gasteiger partial charge on any atom is 0.230 e. The average Bonchev–Trinajstić information content (AvgIpc) is 3.15. The van der Waals surface area contributed by atoms with Crippen molar-refractivity contribution in [2.45, 2.75) is 33.8 Å². The van der Waals surface area contributed by atoms with E-state index in [2.05, 4.69) is 11.9 Å². The summed E-state index contributed by atoms with van der Waals surface area (Å²) >= 11 is 1.40. The molecule has 1 aromatic heterocycles. The zero-order valence-corrected chi connectivity index (χ0v) is 17.0. The highest BCUT2D eigenvalue weighted by Gasteiger charge is 2.18. The molecule has 6 heteroatoms. The Kier molecular flexibility index (Phi) is 6.21. The molecule has 5 nitrogen and oxygen atoms in total. The van der Waals surface area contributed by atoms with Crippen molar-refractivity contribution in [3.05, 3.63) is 70.7 Å². The molecule has 0 spiro atoms. The number of aromatic nitrogens is 1. The molecule has 0 bridgehead atoms. The second kappa shape index (κ2) is 8.80. The summed E-state index contributed by atoms with van der Waals surface area (Å²) < 4.78 is 5.75. The van der Waals surface area contributed by atoms with Gasteiger partial charge in [-0.1, -0.05) is 19.1 Å². The highest BCUT2D eigenvalue weighted by molar-refractivity contribution is 7.14. The zero-order chi connectivity index (χ0) is 20.1. The summed E-state index contributed by atoms with van der Waals surface area (Å²) in [6.07, 6.45) is 0.951. The van der Waals surface area contributed by atoms with Gasteiger partial charge in [0.1, 0.15) is 12.4 Å². The standard InChI is InChI=1S/C22H22N2O3S/c1-4-17-5-9-20(10-6-17)24(16(3)26)22-23-19(14-28-22)13-27-21-11-7-18(8-12-21)15(2)25/h5-12,14H,4,13H2,1-3H3. The minimum atomic E-state index is -0.0918. The third-order valence-electron chi connectivity index (χ3n) is 4.30. The highest BCUT2D eigenvalue weighted by atomic mass is 32.1. The molecule has 0 aliphatic rings. The quantitative estimate of drug-likeness (QED) is 0.519. The Morgan fingerprint density at radius 1 is 1.04 bits per heavy atom. The smallest absolute Gasteiger partial charge is 0.230 e. The lowest BCUT2D eigenvalue weighted by Crippen LogP contribution is -2.22. The van der Waals surface area contributed by atoms with E-state index in [1.165, 1.54) is 30.7 Å². The number of ketones is 1. The molecule has 28 heavy (non-hydrogen) atoms. The minimum absolute atomic E-state index is 0.0204. The van der Waals surface area contributed by atoms with Gasteiger partial charge in [0.15, 0.2) is 10.9 Å². The van der Waals surface area contributed by atoms with E-state index >= 15 is 0 Å². The fraction of sp³-hybridized carbons (Fsp3) is 0.227. The van der Waals surface area contributed by atoms with Crippen molar-refractivity contribution in [3.63, 3.8) is 0 Å². The predicted molar refractivity (Wildman–Crippen MR) is 112 cm³/mol. The maximum atomic E-state index is 12.2. The number of hydrogen-bond acceptors (Lipinski definition) is 5. The molecule has 0 atom stereocenters. The van der Waals surface area contributed by atoms with Gasteiger partial charge in [-0.15, -0.1) is 11.3 Å². The van der Waals surface area contributed by atoms with Crippen LogP contribution >= 0.6 is 11.3 Å². The van der Waals surface area contributed by atoms with Gasteiger partial charge in [-0.05, 0) is 55.3 Å². The number of carbonyl (C=O) groups is 2. The molecule has 3 rings (SSSR count). The minimum Gasteiger partial charge on any atom is -0.487 e. The van der Waals surface area contributed by atoms with Crippen molar-refractivity contribution in [1.29, 1.82) is 0 Å². The van der Waals surface area contributed by atoms with E-state index in [1.807, 2.05) is 29.6 Å². The number of ether oxygens (including phenoxy) is 1. The van der Waals surface area contributed by atoms with Crippen molar-refractivity contribution >= 4 is 33.8 Å². The number of amides is 1. The molecule has 0 radical (unpaired) electrons. The van der Waals surface area contributed by atoms with Gasteiger partial charge in [-0.25, -0.2) is 4.98 Å². The molecule has 0 N–H and O–H groups in total. The first-order valence-corrected chi connectivity index (χ1v) is 9.93. The van der Waals surface area contributed by atoms with Gasteiger partial charge < -0.3 is 4.74 Å². The SMILES string of the molecule is CCc1ccc(N(C(C)=O)c2nc(COc3ccc(C(C)=O)cc3)cs2)cc1. The highest BCUT2D eigenvalue weighted by Crippen LogP contribution is 2.29. The second-order valence-corrected chi connectivity index (χ2v) is 7.20. The fourth-order valence-corrected chi connectivity index (χ4v) is 3.59. The van der Waals surface area contributed by atoms with Crippen LogP contribution in [0.4, 0.5) is 10.8 Å². The van der Waals surface area contributed by atoms with Crippen LogP contribution in [0.3, 0.4) is 0 Å². The topological polar surface area (TPSA) is 59.5 Å². The summed E-state index contributed by atoms with van der Waals surface area (Å²) in [6.45, 7) is 5.44. The van der Waals surface area contributed by atoms with E-state index in [4.69, 9.17) is 4.74 Å². The van der Waals surface area contributed by atoms with Crippen LogP contribution in [0.1, 0.15) is 42.4 Å². The van der Waals surface area contributed by atoms with E-state index in [1.54, 1.807) is 29.2 Å². The maximum absolute atomic E-state index is 12.2. The van der Waals surface area contributed by atoms with E-state index < -0.39 is 0 Å². The molecule has 3 aromatic rings.